The van der Waals surface area contributed by atoms with Crippen LogP contribution in [0.4, 0.5) is 17.1 Å². The van der Waals surface area contributed by atoms with Gasteiger partial charge in [-0.3, -0.25) is 15.5 Å². The number of hydrogen-bond acceptors (Lipinski definition) is 7. The molecule has 0 bridgehead atoms. The lowest BCUT2D eigenvalue weighted by molar-refractivity contribution is -0.385. The molecule has 2 aromatic rings. The van der Waals surface area contributed by atoms with Gasteiger partial charge in [0, 0.05) is 45.0 Å². The Morgan fingerprint density at radius 2 is 1.71 bits per heavy atom. The van der Waals surface area contributed by atoms with Gasteiger partial charge in [0.25, 0.3) is 5.69 Å². The molecule has 2 aromatic carbocycles. The molecule has 0 spiro atoms. The minimum atomic E-state index is -4.08. The Morgan fingerprint density at radius 3 is 2.23 bits per heavy atom. The van der Waals surface area contributed by atoms with E-state index in [1.807, 2.05) is 43.3 Å². The Balaban J connectivity index is 2.39. The molecular formula is C21H25N5O4S. The number of nitro groups is 1. The van der Waals surface area contributed by atoms with Crippen molar-refractivity contribution in [1.82, 2.24) is 4.31 Å². The van der Waals surface area contributed by atoms with Crippen molar-refractivity contribution >= 4 is 33.3 Å². The summed E-state index contributed by atoms with van der Waals surface area (Å²) in [5.41, 5.74) is 4.28. The number of hydrogen-bond donors (Lipinski definition) is 1. The minimum Gasteiger partial charge on any atom is -0.378 e. The van der Waals surface area contributed by atoms with E-state index in [4.69, 9.17) is 0 Å². The first-order valence-electron chi connectivity index (χ1n) is 9.27. The third-order valence-electron chi connectivity index (χ3n) is 4.27. The van der Waals surface area contributed by atoms with Crippen LogP contribution in [-0.4, -0.2) is 51.0 Å². The fourth-order valence-corrected chi connectivity index (χ4v) is 4.21. The molecular weight excluding hydrogens is 418 g/mol. The zero-order chi connectivity index (χ0) is 23.0. The molecule has 0 aliphatic rings. The first-order chi connectivity index (χ1) is 14.7. The van der Waals surface area contributed by atoms with Crippen LogP contribution in [0.1, 0.15) is 5.56 Å². The van der Waals surface area contributed by atoms with Crippen molar-refractivity contribution in [3.05, 3.63) is 83.5 Å². The van der Waals surface area contributed by atoms with E-state index in [0.29, 0.717) is 0 Å². The molecule has 0 heterocycles. The van der Waals surface area contributed by atoms with Crippen molar-refractivity contribution in [2.75, 3.05) is 37.5 Å². The predicted octanol–water partition coefficient (Wildman–Crippen LogP) is 3.47. The van der Waals surface area contributed by atoms with E-state index in [2.05, 4.69) is 23.7 Å². The van der Waals surface area contributed by atoms with Crippen LogP contribution in [0, 0.1) is 10.1 Å². The highest BCUT2D eigenvalue weighted by Crippen LogP contribution is 2.29. The third-order valence-corrected chi connectivity index (χ3v) is 6.14. The summed E-state index contributed by atoms with van der Waals surface area (Å²) >= 11 is 0. The van der Waals surface area contributed by atoms with Crippen LogP contribution in [-0.2, 0) is 10.0 Å². The topological polar surface area (TPSA) is 108 Å². The van der Waals surface area contributed by atoms with Crippen molar-refractivity contribution in [1.29, 1.82) is 0 Å². The molecule has 0 saturated carbocycles. The summed E-state index contributed by atoms with van der Waals surface area (Å²) in [5, 5.41) is 15.3. The number of nitrogens with one attached hydrogen (secondary N) is 1. The van der Waals surface area contributed by atoms with Gasteiger partial charge in [-0.15, -0.1) is 13.2 Å². The van der Waals surface area contributed by atoms with Crippen LogP contribution in [0.2, 0.25) is 0 Å². The maximum Gasteiger partial charge on any atom is 0.270 e. The van der Waals surface area contributed by atoms with Gasteiger partial charge in [0.2, 0.25) is 10.0 Å². The zero-order valence-corrected chi connectivity index (χ0v) is 18.2. The van der Waals surface area contributed by atoms with Crippen molar-refractivity contribution in [3.8, 4) is 0 Å². The van der Waals surface area contributed by atoms with Gasteiger partial charge in [-0.1, -0.05) is 24.3 Å². The van der Waals surface area contributed by atoms with Crippen LogP contribution >= 0.6 is 0 Å². The van der Waals surface area contributed by atoms with Gasteiger partial charge < -0.3 is 4.90 Å². The second-order valence-corrected chi connectivity index (χ2v) is 8.60. The summed E-state index contributed by atoms with van der Waals surface area (Å²) in [7, 11) is -0.210. The van der Waals surface area contributed by atoms with E-state index >= 15 is 0 Å². The monoisotopic (exact) mass is 443 g/mol. The molecule has 0 amide bonds. The summed E-state index contributed by atoms with van der Waals surface area (Å²) in [6, 6.07) is 11.1. The highest BCUT2D eigenvalue weighted by atomic mass is 32.2. The molecule has 9 nitrogen and oxygen atoms in total. The van der Waals surface area contributed by atoms with Crippen LogP contribution in [0.25, 0.3) is 0 Å². The third kappa shape index (κ3) is 6.00. The molecule has 0 aliphatic carbocycles. The summed E-state index contributed by atoms with van der Waals surface area (Å²) in [4.78, 5) is 12.3. The first kappa shape index (κ1) is 23.8. The Bertz CT molecular complexity index is 1070. The van der Waals surface area contributed by atoms with Crippen molar-refractivity contribution in [2.45, 2.75) is 4.90 Å². The molecule has 1 N–H and O–H groups in total. The fraction of sp³-hybridized carbons (Fsp3) is 0.190. The molecule has 0 saturated heterocycles. The van der Waals surface area contributed by atoms with E-state index in [-0.39, 0.29) is 29.4 Å². The van der Waals surface area contributed by atoms with Gasteiger partial charge in [-0.05, 0) is 23.8 Å². The smallest absolute Gasteiger partial charge is 0.270 e. The molecule has 0 fully saturated rings. The van der Waals surface area contributed by atoms with E-state index in [1.54, 1.807) is 0 Å². The highest BCUT2D eigenvalue weighted by molar-refractivity contribution is 7.89. The largest absolute Gasteiger partial charge is 0.378 e. The standard InChI is InChI=1S/C21H25N5O4S/c1-5-13-25(14-6-2)31(29,30)21-15-19(26(27)28)11-12-20(21)23-22-16-17-7-9-18(10-8-17)24(3)4/h5-12,15-16,23H,1-2,13-14H2,3-4H3. The van der Waals surface area contributed by atoms with Crippen molar-refractivity contribution in [2.24, 2.45) is 5.10 Å². The maximum absolute atomic E-state index is 13.2. The van der Waals surface area contributed by atoms with Crippen LogP contribution < -0.4 is 10.3 Å². The highest BCUT2D eigenvalue weighted by Gasteiger charge is 2.27. The van der Waals surface area contributed by atoms with Gasteiger partial charge in [0.1, 0.15) is 4.90 Å². The molecule has 0 radical (unpaired) electrons. The number of nitrogens with zero attached hydrogens (tertiary/aromatic N) is 4. The van der Waals surface area contributed by atoms with Gasteiger partial charge in [0.15, 0.2) is 0 Å². The molecule has 0 aliphatic heterocycles. The normalized spacial score (nSPS) is 11.5. The molecule has 31 heavy (non-hydrogen) atoms. The van der Waals surface area contributed by atoms with E-state index in [0.717, 1.165) is 21.6 Å². The lowest BCUT2D eigenvalue weighted by Crippen LogP contribution is -2.31. The predicted molar refractivity (Wildman–Crippen MR) is 124 cm³/mol. The van der Waals surface area contributed by atoms with Crippen molar-refractivity contribution in [3.63, 3.8) is 0 Å². The number of benzene rings is 2. The van der Waals surface area contributed by atoms with Gasteiger partial charge in [-0.2, -0.15) is 9.41 Å². The number of anilines is 2. The zero-order valence-electron chi connectivity index (χ0n) is 17.4. The number of non-ortho nitro benzene ring substituents is 1. The quantitative estimate of drug-likeness (QED) is 0.247. The molecule has 0 atom stereocenters. The summed E-state index contributed by atoms with van der Waals surface area (Å²) in [6.45, 7) is 7.19. The Hall–Kier alpha value is -3.50. The Kier molecular flexibility index (Phi) is 8.06. The second kappa shape index (κ2) is 10.5. The average Bonchev–Trinajstić information content (AvgIpc) is 2.74. The lowest BCUT2D eigenvalue weighted by Gasteiger charge is -2.20. The number of nitro benzene ring substituents is 1. The SMILES string of the molecule is C=CCN(CC=C)S(=O)(=O)c1cc([N+](=O)[O-])ccc1NN=Cc1ccc(N(C)C)cc1. The first-order valence-corrected chi connectivity index (χ1v) is 10.7. The average molecular weight is 444 g/mol. The van der Waals surface area contributed by atoms with Crippen LogP contribution in [0.5, 0.6) is 0 Å². The Morgan fingerprint density at radius 1 is 1.10 bits per heavy atom. The number of hydrazone groups is 1. The van der Waals surface area contributed by atoms with Gasteiger partial charge in [-0.25, -0.2) is 8.42 Å². The maximum atomic E-state index is 13.2. The van der Waals surface area contributed by atoms with Crippen LogP contribution in [0.3, 0.4) is 0 Å². The summed E-state index contributed by atoms with van der Waals surface area (Å²) < 4.78 is 27.4. The molecule has 0 unspecified atom stereocenters. The lowest BCUT2D eigenvalue weighted by atomic mass is 10.2. The Labute approximate surface area is 182 Å². The van der Waals surface area contributed by atoms with Crippen LogP contribution in [0.15, 0.2) is 77.8 Å². The fourth-order valence-electron chi connectivity index (χ4n) is 2.66. The number of rotatable bonds is 11. The van der Waals surface area contributed by atoms with E-state index in [1.165, 1.54) is 30.5 Å². The number of sulfonamides is 1. The van der Waals surface area contributed by atoms with E-state index in [9.17, 15) is 18.5 Å². The summed E-state index contributed by atoms with van der Waals surface area (Å²) in [6.07, 6.45) is 4.39. The van der Waals surface area contributed by atoms with Crippen molar-refractivity contribution < 1.29 is 13.3 Å². The molecule has 164 valence electrons. The summed E-state index contributed by atoms with van der Waals surface area (Å²) in [5.74, 6) is 0. The van der Waals surface area contributed by atoms with E-state index < -0.39 is 14.9 Å². The van der Waals surface area contributed by atoms with Gasteiger partial charge in [0.05, 0.1) is 16.8 Å². The van der Waals surface area contributed by atoms with Gasteiger partial charge >= 0.3 is 0 Å². The molecule has 0 aromatic heterocycles. The molecule has 2 rings (SSSR count). The minimum absolute atomic E-state index is 0.0258. The molecule has 10 heteroatoms. The second-order valence-electron chi connectivity index (χ2n) is 6.69.